The SMILES string of the molecule is C=C1[C@@H](OCOCC[Si](C)(C)C)C[C@](C)(OCOC)[C@H]2C[C@H](O[Si](c3ccccc3)(c3ccccc3)C(C)(C)C)[C@H](C)[C@H]2[C@@H]1O. The number of benzene rings is 2. The van der Waals surface area contributed by atoms with Crippen LogP contribution in [0, 0.1) is 17.8 Å². The molecule has 0 aromatic heterocycles. The van der Waals surface area contributed by atoms with Gasteiger partial charge in [-0.3, -0.25) is 0 Å². The van der Waals surface area contributed by atoms with E-state index in [1.165, 1.54) is 10.4 Å². The van der Waals surface area contributed by atoms with Gasteiger partial charge in [-0.2, -0.15) is 0 Å². The molecule has 7 atom stereocenters. The van der Waals surface area contributed by atoms with Crippen molar-refractivity contribution in [1.82, 2.24) is 0 Å². The lowest BCUT2D eigenvalue weighted by atomic mass is 9.77. The molecule has 2 aliphatic carbocycles. The Balaban J connectivity index is 1.67. The van der Waals surface area contributed by atoms with Crippen molar-refractivity contribution < 1.29 is 28.5 Å². The summed E-state index contributed by atoms with van der Waals surface area (Å²) in [6.45, 7) is 23.8. The zero-order valence-corrected chi connectivity index (χ0v) is 31.2. The van der Waals surface area contributed by atoms with Gasteiger partial charge in [-0.25, -0.2) is 0 Å². The Morgan fingerprint density at radius 1 is 0.956 bits per heavy atom. The van der Waals surface area contributed by atoms with Crippen molar-refractivity contribution in [1.29, 1.82) is 0 Å². The first-order valence-corrected chi connectivity index (χ1v) is 22.2. The highest BCUT2D eigenvalue weighted by Gasteiger charge is 2.60. The average molecular weight is 655 g/mol. The van der Waals surface area contributed by atoms with Gasteiger partial charge >= 0.3 is 0 Å². The number of hydrogen-bond acceptors (Lipinski definition) is 6. The molecule has 45 heavy (non-hydrogen) atoms. The third-order valence-corrected chi connectivity index (χ3v) is 17.0. The minimum Gasteiger partial charge on any atom is -0.404 e. The maximum Gasteiger partial charge on any atom is 0.261 e. The van der Waals surface area contributed by atoms with E-state index in [0.29, 0.717) is 18.6 Å². The molecule has 0 amide bonds. The van der Waals surface area contributed by atoms with Crippen molar-refractivity contribution in [3.8, 4) is 0 Å². The van der Waals surface area contributed by atoms with Gasteiger partial charge in [-0.15, -0.1) is 0 Å². The normalized spacial score (nSPS) is 29.4. The van der Waals surface area contributed by atoms with Gasteiger partial charge < -0.3 is 28.5 Å². The highest BCUT2D eigenvalue weighted by Crippen LogP contribution is 2.54. The smallest absolute Gasteiger partial charge is 0.261 e. The van der Waals surface area contributed by atoms with Crippen LogP contribution in [0.4, 0.5) is 0 Å². The van der Waals surface area contributed by atoms with Gasteiger partial charge in [0.15, 0.2) is 0 Å². The fourth-order valence-electron chi connectivity index (χ4n) is 7.66. The molecule has 0 bridgehead atoms. The summed E-state index contributed by atoms with van der Waals surface area (Å²) in [6, 6.07) is 22.6. The Morgan fingerprint density at radius 3 is 2.04 bits per heavy atom. The van der Waals surface area contributed by atoms with Gasteiger partial charge in [0.2, 0.25) is 0 Å². The van der Waals surface area contributed by atoms with Crippen LogP contribution in [-0.2, 0) is 23.4 Å². The van der Waals surface area contributed by atoms with Gasteiger partial charge in [0.05, 0.1) is 17.8 Å². The maximum absolute atomic E-state index is 12.0. The van der Waals surface area contributed by atoms with Crippen LogP contribution in [0.2, 0.25) is 30.7 Å². The third-order valence-electron chi connectivity index (χ3n) is 10.3. The number of hydrogen-bond donors (Lipinski definition) is 1. The molecule has 0 saturated heterocycles. The van der Waals surface area contributed by atoms with Crippen LogP contribution < -0.4 is 10.4 Å². The lowest BCUT2D eigenvalue weighted by Gasteiger charge is -2.45. The van der Waals surface area contributed by atoms with Crippen molar-refractivity contribution in [2.45, 2.75) is 102 Å². The highest BCUT2D eigenvalue weighted by atomic mass is 28.4. The summed E-state index contributed by atoms with van der Waals surface area (Å²) in [7, 11) is -2.35. The topological polar surface area (TPSA) is 66.4 Å². The number of rotatable bonds is 13. The van der Waals surface area contributed by atoms with E-state index < -0.39 is 28.1 Å². The molecular weight excluding hydrogens is 597 g/mol. The standard InChI is InChI=1S/C37H58O6Si2/c1-27-32(43-45(36(3,4)5,29-17-13-11-14-18-29)30-19-15-12-16-20-30)23-31-34(27)35(38)28(2)33(24-37(31,6)42-25-39-7)41-26-40-21-22-44(8,9)10/h11-20,27,31-35,38H,2,21-26H2,1,3-10H3/t27-,31-,32-,33-,34+,35+,37-/m0/s1. The first-order valence-electron chi connectivity index (χ1n) is 16.6. The van der Waals surface area contributed by atoms with E-state index in [0.717, 1.165) is 12.5 Å². The zero-order chi connectivity index (χ0) is 33.0. The van der Waals surface area contributed by atoms with Crippen LogP contribution >= 0.6 is 0 Å². The van der Waals surface area contributed by atoms with Gasteiger partial charge in [-0.1, -0.05) is 115 Å². The summed E-state index contributed by atoms with van der Waals surface area (Å²) >= 11 is 0. The second-order valence-corrected chi connectivity index (χ2v) is 25.6. The summed E-state index contributed by atoms with van der Waals surface area (Å²) in [5, 5.41) is 14.4. The third kappa shape index (κ3) is 7.92. The minimum atomic E-state index is -2.80. The fraction of sp³-hybridized carbons (Fsp3) is 0.622. The van der Waals surface area contributed by atoms with Crippen LogP contribution in [0.15, 0.2) is 72.8 Å². The van der Waals surface area contributed by atoms with Crippen molar-refractivity contribution >= 4 is 26.8 Å². The Bertz CT molecular complexity index is 1190. The van der Waals surface area contributed by atoms with Crippen LogP contribution in [0.25, 0.3) is 0 Å². The van der Waals surface area contributed by atoms with Crippen LogP contribution in [0.1, 0.15) is 47.5 Å². The molecule has 250 valence electrons. The van der Waals surface area contributed by atoms with Crippen LogP contribution in [-0.4, -0.2) is 72.7 Å². The molecule has 0 aliphatic heterocycles. The Hall–Kier alpha value is -1.63. The predicted molar refractivity (Wildman–Crippen MR) is 188 cm³/mol. The molecule has 2 aromatic rings. The molecule has 4 rings (SSSR count). The largest absolute Gasteiger partial charge is 0.404 e. The second kappa shape index (κ2) is 14.6. The van der Waals surface area contributed by atoms with Gasteiger partial charge in [0, 0.05) is 34.3 Å². The highest BCUT2D eigenvalue weighted by molar-refractivity contribution is 6.99. The molecule has 6 nitrogen and oxygen atoms in total. The molecule has 2 saturated carbocycles. The van der Waals surface area contributed by atoms with Gasteiger partial charge in [0.25, 0.3) is 8.32 Å². The molecule has 0 unspecified atom stereocenters. The minimum absolute atomic E-state index is 0.0130. The quantitative estimate of drug-likeness (QED) is 0.114. The molecule has 2 fully saturated rings. The monoisotopic (exact) mass is 654 g/mol. The summed E-state index contributed by atoms with van der Waals surface area (Å²) in [4.78, 5) is 0. The lowest BCUT2D eigenvalue weighted by molar-refractivity contribution is -0.173. The molecular formula is C37H58O6Si2. The Labute approximate surface area is 274 Å². The van der Waals surface area contributed by atoms with E-state index in [-0.39, 0.29) is 48.6 Å². The summed E-state index contributed by atoms with van der Waals surface area (Å²) in [6.07, 6.45) is 0.103. The maximum atomic E-state index is 12.0. The van der Waals surface area contributed by atoms with E-state index in [1.807, 2.05) is 0 Å². The summed E-state index contributed by atoms with van der Waals surface area (Å²) in [5.41, 5.74) is 0.0727. The number of aliphatic hydroxyl groups excluding tert-OH is 1. The second-order valence-electron chi connectivity index (χ2n) is 15.7. The number of methoxy groups -OCH3 is 1. The van der Waals surface area contributed by atoms with E-state index in [1.54, 1.807) is 7.11 Å². The lowest BCUT2D eigenvalue weighted by Crippen LogP contribution is -2.68. The number of fused-ring (bicyclic) bond motifs is 1. The predicted octanol–water partition coefficient (Wildman–Crippen LogP) is 6.60. The molecule has 0 heterocycles. The van der Waals surface area contributed by atoms with Crippen LogP contribution in [0.5, 0.6) is 0 Å². The van der Waals surface area contributed by atoms with E-state index in [9.17, 15) is 5.11 Å². The number of aliphatic hydroxyl groups is 1. The summed E-state index contributed by atoms with van der Waals surface area (Å²) < 4.78 is 31.8. The van der Waals surface area contributed by atoms with Crippen molar-refractivity contribution in [2.24, 2.45) is 17.8 Å². The first kappa shape index (κ1) is 36.2. The molecule has 1 N–H and O–H groups in total. The van der Waals surface area contributed by atoms with E-state index >= 15 is 0 Å². The Morgan fingerprint density at radius 2 is 1.53 bits per heavy atom. The van der Waals surface area contributed by atoms with Crippen molar-refractivity contribution in [3.05, 3.63) is 72.8 Å². The van der Waals surface area contributed by atoms with E-state index in [4.69, 9.17) is 23.4 Å². The fourth-order valence-corrected chi connectivity index (χ4v) is 13.2. The summed E-state index contributed by atoms with van der Waals surface area (Å²) in [5.74, 6) is -0.0383. The molecule has 8 heteroatoms. The van der Waals surface area contributed by atoms with Gasteiger partial charge in [-0.05, 0) is 58.1 Å². The van der Waals surface area contributed by atoms with Crippen LogP contribution in [0.3, 0.4) is 0 Å². The van der Waals surface area contributed by atoms with Crippen molar-refractivity contribution in [3.63, 3.8) is 0 Å². The molecule has 0 radical (unpaired) electrons. The zero-order valence-electron chi connectivity index (χ0n) is 29.2. The van der Waals surface area contributed by atoms with E-state index in [2.05, 4.69) is 122 Å². The first-order chi connectivity index (χ1) is 21.1. The average Bonchev–Trinajstić information content (AvgIpc) is 3.29. The molecule has 2 aliphatic rings. The molecule has 2 aromatic carbocycles. The Kier molecular flexibility index (Phi) is 11.8. The van der Waals surface area contributed by atoms with Gasteiger partial charge in [0.1, 0.15) is 13.6 Å². The van der Waals surface area contributed by atoms with Crippen molar-refractivity contribution in [2.75, 3.05) is 27.3 Å². The number of ether oxygens (including phenoxy) is 4. The molecule has 0 spiro atoms.